The molecule has 20 heavy (non-hydrogen) atoms. The predicted molar refractivity (Wildman–Crippen MR) is 61.8 cm³/mol. The lowest BCUT2D eigenvalue weighted by atomic mass is 9.98. The van der Waals surface area contributed by atoms with Gasteiger partial charge in [-0.05, 0) is 0 Å². The van der Waals surface area contributed by atoms with Crippen molar-refractivity contribution in [2.75, 3.05) is 14.2 Å². The number of nitrogens with one attached hydrogen (secondary N) is 1. The van der Waals surface area contributed by atoms with E-state index in [0.29, 0.717) is 5.01 Å². The molecule has 2 amide bonds. The van der Waals surface area contributed by atoms with Crippen molar-refractivity contribution >= 4 is 6.03 Å². The number of hydrogen-bond acceptors (Lipinski definition) is 9. The first kappa shape index (κ1) is 16.7. The van der Waals surface area contributed by atoms with E-state index in [2.05, 4.69) is 5.29 Å². The molecule has 0 bridgehead atoms. The third kappa shape index (κ3) is 3.39. The Balaban J connectivity index is 2.73. The summed E-state index contributed by atoms with van der Waals surface area (Å²) in [5.74, 6) is 0. The lowest BCUT2D eigenvalue weighted by Gasteiger charge is -2.41. The van der Waals surface area contributed by atoms with Crippen LogP contribution in [0.25, 0.3) is 0 Å². The molecule has 0 aromatic carbocycles. The van der Waals surface area contributed by atoms with Gasteiger partial charge in [0.2, 0.25) is 0 Å². The van der Waals surface area contributed by atoms with Crippen LogP contribution in [-0.2, 0) is 9.47 Å². The van der Waals surface area contributed by atoms with Crippen LogP contribution in [0.5, 0.6) is 0 Å². The predicted octanol–water partition coefficient (Wildman–Crippen LogP) is -2.92. The van der Waals surface area contributed by atoms with Crippen LogP contribution in [-0.4, -0.2) is 82.6 Å². The van der Waals surface area contributed by atoms with E-state index in [1.54, 1.807) is 0 Å². The van der Waals surface area contributed by atoms with E-state index in [1.165, 1.54) is 7.11 Å². The smallest absolute Gasteiger partial charge is 0.342 e. The molecular formula is C9H17N3O8. The molecule has 11 heteroatoms. The average Bonchev–Trinajstić information content (AvgIpc) is 2.43. The average molecular weight is 295 g/mol. The number of urea groups is 1. The van der Waals surface area contributed by atoms with Gasteiger partial charge in [-0.2, -0.15) is 5.01 Å². The number of rotatable bonds is 4. The Bertz CT molecular complexity index is 354. The second kappa shape index (κ2) is 6.88. The van der Waals surface area contributed by atoms with E-state index in [1.807, 2.05) is 5.32 Å². The van der Waals surface area contributed by atoms with Gasteiger partial charge in [0.25, 0.3) is 0 Å². The summed E-state index contributed by atoms with van der Waals surface area (Å²) >= 11 is 0. The summed E-state index contributed by atoms with van der Waals surface area (Å²) in [6, 6.07) is -1.04. The third-order valence-corrected chi connectivity index (χ3v) is 2.84. The molecule has 0 saturated carbocycles. The molecular weight excluding hydrogens is 278 g/mol. The summed E-state index contributed by atoms with van der Waals surface area (Å²) in [5, 5.41) is 43.2. The van der Waals surface area contributed by atoms with Crippen LogP contribution in [0.1, 0.15) is 0 Å². The normalized spacial score (nSPS) is 35.2. The summed E-state index contributed by atoms with van der Waals surface area (Å²) in [4.78, 5) is 21.4. The highest BCUT2D eigenvalue weighted by Crippen LogP contribution is 2.23. The maximum atomic E-state index is 11.3. The highest BCUT2D eigenvalue weighted by molar-refractivity contribution is 5.73. The number of nitroso groups, excluding NO2 is 1. The zero-order valence-corrected chi connectivity index (χ0v) is 10.8. The molecule has 0 radical (unpaired) electrons. The summed E-state index contributed by atoms with van der Waals surface area (Å²) in [5.41, 5.74) is 0. The molecule has 1 saturated heterocycles. The number of nitrogens with zero attached hydrogens (tertiary/aromatic N) is 2. The van der Waals surface area contributed by atoms with Crippen LogP contribution in [0.15, 0.2) is 5.29 Å². The van der Waals surface area contributed by atoms with E-state index < -0.39 is 43.0 Å². The first-order valence-electron chi connectivity index (χ1n) is 5.61. The van der Waals surface area contributed by atoms with Crippen molar-refractivity contribution in [3.63, 3.8) is 0 Å². The number of amides is 2. The van der Waals surface area contributed by atoms with Gasteiger partial charge in [-0.3, -0.25) is 0 Å². The molecule has 0 spiro atoms. The second-order valence-corrected chi connectivity index (χ2v) is 4.18. The lowest BCUT2D eigenvalue weighted by Crippen LogP contribution is -2.64. The van der Waals surface area contributed by atoms with E-state index in [-0.39, 0.29) is 0 Å². The van der Waals surface area contributed by atoms with Crippen LogP contribution in [0.4, 0.5) is 4.79 Å². The molecule has 6 atom stereocenters. The van der Waals surface area contributed by atoms with Gasteiger partial charge in [0.05, 0.1) is 5.29 Å². The summed E-state index contributed by atoms with van der Waals surface area (Å²) < 4.78 is 9.76. The summed E-state index contributed by atoms with van der Waals surface area (Å²) in [6.07, 6.45) is -9.38. The SMILES string of the molecule is CO[C@H]1O[C@H](C(O)NC(=O)N(C)N=O)[C@@H](O)[C@H](O)[C@H]1O. The minimum atomic E-state index is -1.76. The molecule has 0 aromatic rings. The molecule has 1 aliphatic rings. The van der Waals surface area contributed by atoms with Crippen LogP contribution in [0, 0.1) is 4.91 Å². The molecule has 0 aromatic heterocycles. The number of ether oxygens (including phenoxy) is 2. The van der Waals surface area contributed by atoms with Gasteiger partial charge in [-0.25, -0.2) is 4.79 Å². The Morgan fingerprint density at radius 2 is 1.95 bits per heavy atom. The largest absolute Gasteiger partial charge is 0.387 e. The van der Waals surface area contributed by atoms with Crippen molar-refractivity contribution in [1.29, 1.82) is 0 Å². The van der Waals surface area contributed by atoms with E-state index in [4.69, 9.17) is 9.47 Å². The van der Waals surface area contributed by atoms with Gasteiger partial charge in [0.15, 0.2) is 12.5 Å². The molecule has 1 unspecified atom stereocenters. The lowest BCUT2D eigenvalue weighted by molar-refractivity contribution is -0.305. The van der Waals surface area contributed by atoms with E-state index in [9.17, 15) is 30.1 Å². The Morgan fingerprint density at radius 1 is 1.35 bits per heavy atom. The van der Waals surface area contributed by atoms with Crippen LogP contribution >= 0.6 is 0 Å². The van der Waals surface area contributed by atoms with Crippen molar-refractivity contribution in [2.24, 2.45) is 5.29 Å². The molecule has 1 rings (SSSR count). The first-order chi connectivity index (χ1) is 9.33. The minimum absolute atomic E-state index is 0.373. The van der Waals surface area contributed by atoms with Gasteiger partial charge in [-0.1, -0.05) is 0 Å². The number of methoxy groups -OCH3 is 1. The van der Waals surface area contributed by atoms with Crippen molar-refractivity contribution < 1.29 is 34.7 Å². The Labute approximate surface area is 113 Å². The number of aliphatic hydroxyl groups excluding tert-OH is 4. The maximum Gasteiger partial charge on any atom is 0.342 e. The monoisotopic (exact) mass is 295 g/mol. The summed E-state index contributed by atoms with van der Waals surface area (Å²) in [6.45, 7) is 0. The van der Waals surface area contributed by atoms with Gasteiger partial charge in [0, 0.05) is 14.2 Å². The Morgan fingerprint density at radius 3 is 2.45 bits per heavy atom. The molecule has 116 valence electrons. The fourth-order valence-corrected chi connectivity index (χ4v) is 1.67. The second-order valence-electron chi connectivity index (χ2n) is 4.18. The fraction of sp³-hybridized carbons (Fsp3) is 0.889. The molecule has 0 aliphatic carbocycles. The van der Waals surface area contributed by atoms with E-state index >= 15 is 0 Å². The fourth-order valence-electron chi connectivity index (χ4n) is 1.67. The van der Waals surface area contributed by atoms with Crippen molar-refractivity contribution in [2.45, 2.75) is 36.9 Å². The number of hydrogen-bond donors (Lipinski definition) is 5. The zero-order valence-electron chi connectivity index (χ0n) is 10.8. The van der Waals surface area contributed by atoms with Crippen molar-refractivity contribution in [1.82, 2.24) is 10.3 Å². The molecule has 1 aliphatic heterocycles. The molecule has 1 heterocycles. The minimum Gasteiger partial charge on any atom is -0.387 e. The van der Waals surface area contributed by atoms with Gasteiger partial charge in [-0.15, -0.1) is 4.91 Å². The van der Waals surface area contributed by atoms with Crippen LogP contribution < -0.4 is 5.32 Å². The molecule has 11 nitrogen and oxygen atoms in total. The van der Waals surface area contributed by atoms with E-state index in [0.717, 1.165) is 7.05 Å². The number of carbonyl (C=O) groups excluding carboxylic acids is 1. The van der Waals surface area contributed by atoms with Crippen LogP contribution in [0.3, 0.4) is 0 Å². The Hall–Kier alpha value is -1.37. The van der Waals surface area contributed by atoms with Crippen molar-refractivity contribution in [3.8, 4) is 0 Å². The topological polar surface area (TPSA) is 161 Å². The summed E-state index contributed by atoms with van der Waals surface area (Å²) in [7, 11) is 2.23. The third-order valence-electron chi connectivity index (χ3n) is 2.84. The quantitative estimate of drug-likeness (QED) is 0.209. The standard InChI is InChI=1S/C9H17N3O8/c1-12(11-18)9(17)10-7(16)6-4(14)3(13)5(15)8(19-2)20-6/h3-8,13-16H,1-2H3,(H,10,17)/t3-,4-,5+,6-,7?,8-/m0/s1. The van der Waals surface area contributed by atoms with Crippen molar-refractivity contribution in [3.05, 3.63) is 4.91 Å². The van der Waals surface area contributed by atoms with Crippen LogP contribution in [0.2, 0.25) is 0 Å². The zero-order chi connectivity index (χ0) is 15.4. The highest BCUT2D eigenvalue weighted by atomic mass is 16.7. The Kier molecular flexibility index (Phi) is 5.74. The molecule has 5 N–H and O–H groups in total. The molecule has 1 fully saturated rings. The number of carbonyl (C=O) groups is 1. The van der Waals surface area contributed by atoms with Gasteiger partial charge < -0.3 is 35.2 Å². The maximum absolute atomic E-state index is 11.3. The first-order valence-corrected chi connectivity index (χ1v) is 5.61. The number of aliphatic hydroxyl groups is 4. The highest BCUT2D eigenvalue weighted by Gasteiger charge is 2.47. The van der Waals surface area contributed by atoms with Gasteiger partial charge >= 0.3 is 6.03 Å². The van der Waals surface area contributed by atoms with Gasteiger partial charge in [0.1, 0.15) is 24.4 Å².